The first-order chi connectivity index (χ1) is 6.58. The molecule has 5 nitrogen and oxygen atoms in total. The first-order valence-electron chi connectivity index (χ1n) is 4.59. The summed E-state index contributed by atoms with van der Waals surface area (Å²) >= 11 is 0. The zero-order valence-corrected chi connectivity index (χ0v) is 9.91. The molecule has 0 aliphatic rings. The summed E-state index contributed by atoms with van der Waals surface area (Å²) in [4.78, 5) is 18.5. The van der Waals surface area contributed by atoms with Gasteiger partial charge >= 0.3 is 14.2 Å². The fraction of sp³-hybridized carbons (Fsp3) is 0.875. The number of carbonyl (C=O) groups is 1. The molecule has 0 aromatic carbocycles. The number of unbranched alkanes of at least 4 members (excludes halogenated alkanes) is 1. The molecule has 0 amide bonds. The molecule has 0 aliphatic heterocycles. The second-order valence-corrected chi connectivity index (χ2v) is 3.18. The number of hydrogen-bond acceptors (Lipinski definition) is 4. The summed E-state index contributed by atoms with van der Waals surface area (Å²) in [6.07, 6.45) is 2.64. The van der Waals surface area contributed by atoms with E-state index in [4.69, 9.17) is 4.89 Å². The van der Waals surface area contributed by atoms with Crippen LogP contribution in [0.5, 0.6) is 0 Å². The van der Waals surface area contributed by atoms with Gasteiger partial charge < -0.3 is 9.63 Å². The Morgan fingerprint density at radius 2 is 1.79 bits per heavy atom. The van der Waals surface area contributed by atoms with Gasteiger partial charge in [0, 0.05) is 0 Å². The van der Waals surface area contributed by atoms with Crippen molar-refractivity contribution in [2.75, 3.05) is 13.2 Å². The van der Waals surface area contributed by atoms with Gasteiger partial charge in [-0.25, -0.2) is 4.79 Å². The number of ether oxygens (including phenoxy) is 1. The molecule has 0 aromatic heterocycles. The van der Waals surface area contributed by atoms with E-state index < -0.39 is 20.8 Å². The van der Waals surface area contributed by atoms with E-state index in [1.54, 1.807) is 6.92 Å². The van der Waals surface area contributed by atoms with Crippen molar-refractivity contribution in [3.8, 4) is 0 Å². The van der Waals surface area contributed by atoms with E-state index in [2.05, 4.69) is 23.1 Å². The third kappa shape index (κ3) is 17.6. The van der Waals surface area contributed by atoms with Crippen LogP contribution in [0.3, 0.4) is 0 Å². The Labute approximate surface area is 85.4 Å². The van der Waals surface area contributed by atoms with Gasteiger partial charge in [0.25, 0.3) is 0 Å². The van der Waals surface area contributed by atoms with Crippen LogP contribution in [-0.4, -0.2) is 24.1 Å². The molecule has 0 rings (SSSR count). The highest BCUT2D eigenvalue weighted by molar-refractivity contribution is 7.32. The Morgan fingerprint density at radius 3 is 2.07 bits per heavy atom. The quantitative estimate of drug-likeness (QED) is 0.571. The highest BCUT2D eigenvalue weighted by Crippen LogP contribution is 2.13. The van der Waals surface area contributed by atoms with E-state index in [1.807, 2.05) is 0 Å². The van der Waals surface area contributed by atoms with E-state index >= 15 is 0 Å². The molecule has 0 aromatic rings. The largest absolute Gasteiger partial charge is 0.464 e. The number of hydrogen-bond donors (Lipinski definition) is 1. The van der Waals surface area contributed by atoms with Crippen molar-refractivity contribution in [1.29, 1.82) is 0 Å². The van der Waals surface area contributed by atoms with Gasteiger partial charge in [-0.1, -0.05) is 26.7 Å². The third-order valence-corrected chi connectivity index (χ3v) is 1.51. The van der Waals surface area contributed by atoms with Crippen molar-refractivity contribution in [3.63, 3.8) is 0 Å². The Kier molecular flexibility index (Phi) is 14.5. The fourth-order valence-corrected chi connectivity index (χ4v) is 0.565. The van der Waals surface area contributed by atoms with Crippen molar-refractivity contribution in [2.24, 2.45) is 0 Å². The Balaban J connectivity index is 0. The lowest BCUT2D eigenvalue weighted by atomic mass is 10.4. The van der Waals surface area contributed by atoms with Gasteiger partial charge in [-0.3, -0.25) is 9.09 Å². The van der Waals surface area contributed by atoms with Gasteiger partial charge in [-0.2, -0.15) is 0 Å². The second kappa shape index (κ2) is 12.6. The van der Waals surface area contributed by atoms with Crippen molar-refractivity contribution < 1.29 is 23.5 Å². The van der Waals surface area contributed by atoms with Crippen LogP contribution in [0.1, 0.15) is 33.6 Å². The molecule has 0 saturated carbocycles. The average Bonchev–Trinajstić information content (AvgIpc) is 2.16. The lowest BCUT2D eigenvalue weighted by Crippen LogP contribution is -2.09. The first kappa shape index (κ1) is 16.1. The molecule has 1 unspecified atom stereocenters. The third-order valence-electron chi connectivity index (χ3n) is 1.12. The second-order valence-electron chi connectivity index (χ2n) is 2.36. The van der Waals surface area contributed by atoms with Crippen molar-refractivity contribution in [3.05, 3.63) is 0 Å². The molecule has 14 heavy (non-hydrogen) atoms. The molecule has 0 bridgehead atoms. The maximum Gasteiger partial charge on any atom is 0.332 e. The highest BCUT2D eigenvalue weighted by atomic mass is 31.1. The molecule has 6 heteroatoms. The summed E-state index contributed by atoms with van der Waals surface area (Å²) in [5.41, 5.74) is 0. The Hall–Kier alpha value is -0.380. The number of rotatable bonds is 5. The minimum Gasteiger partial charge on any atom is -0.464 e. The van der Waals surface area contributed by atoms with Gasteiger partial charge in [-0.05, 0) is 6.92 Å². The minimum absolute atomic E-state index is 0.245. The molecule has 1 atom stereocenters. The molecule has 0 spiro atoms. The minimum atomic E-state index is -3.00. The van der Waals surface area contributed by atoms with Crippen LogP contribution >= 0.6 is 8.25 Å². The molecule has 0 radical (unpaired) electrons. The molecule has 0 fully saturated rings. The topological polar surface area (TPSA) is 72.8 Å². The molecule has 86 valence electrons. The number of esters is 1. The predicted octanol–water partition coefficient (Wildman–Crippen LogP) is 1.75. The maximum atomic E-state index is 10.4. The molecule has 0 heterocycles. The summed E-state index contributed by atoms with van der Waals surface area (Å²) in [5, 5.41) is 0. The van der Waals surface area contributed by atoms with Crippen LogP contribution in [0.2, 0.25) is 0 Å². The summed E-state index contributed by atoms with van der Waals surface area (Å²) in [7, 11) is -3.00. The SMILES string of the molecule is CCCC.CCOC(=O)CO[PH](=O)O. The van der Waals surface area contributed by atoms with E-state index in [0.717, 1.165) is 0 Å². The van der Waals surface area contributed by atoms with Gasteiger partial charge in [0.1, 0.15) is 0 Å². The highest BCUT2D eigenvalue weighted by Gasteiger charge is 2.02. The molecule has 1 N–H and O–H groups in total. The van der Waals surface area contributed by atoms with Gasteiger partial charge in [0.15, 0.2) is 6.61 Å². The lowest BCUT2D eigenvalue weighted by molar-refractivity contribution is -0.145. The molecular formula is C8H19O5P. The van der Waals surface area contributed by atoms with Gasteiger partial charge in [0.05, 0.1) is 6.61 Å². The smallest absolute Gasteiger partial charge is 0.332 e. The van der Waals surface area contributed by atoms with Crippen LogP contribution in [0.15, 0.2) is 0 Å². The van der Waals surface area contributed by atoms with Crippen molar-refractivity contribution in [1.82, 2.24) is 0 Å². The summed E-state index contributed by atoms with van der Waals surface area (Å²) < 4.78 is 18.3. The summed E-state index contributed by atoms with van der Waals surface area (Å²) in [6, 6.07) is 0. The molecule has 0 aliphatic carbocycles. The Morgan fingerprint density at radius 1 is 1.29 bits per heavy atom. The van der Waals surface area contributed by atoms with Gasteiger partial charge in [-0.15, -0.1) is 0 Å². The van der Waals surface area contributed by atoms with E-state index in [0.29, 0.717) is 0 Å². The predicted molar refractivity (Wildman–Crippen MR) is 54.4 cm³/mol. The van der Waals surface area contributed by atoms with Crippen molar-refractivity contribution >= 4 is 14.2 Å². The average molecular weight is 226 g/mol. The standard InChI is InChI=1S/C4H9O5P.C4H10/c1-2-8-4(5)3-9-10(6)7;1-3-4-2/h10H,2-3H2,1H3,(H,6,7);3-4H2,1-2H3. The van der Waals surface area contributed by atoms with Gasteiger partial charge in [0.2, 0.25) is 0 Å². The fourth-order valence-electron chi connectivity index (χ4n) is 0.323. The van der Waals surface area contributed by atoms with Crippen LogP contribution in [0, 0.1) is 0 Å². The summed E-state index contributed by atoms with van der Waals surface area (Å²) in [6.45, 7) is 5.79. The summed E-state index contributed by atoms with van der Waals surface area (Å²) in [5.74, 6) is -0.630. The van der Waals surface area contributed by atoms with E-state index in [-0.39, 0.29) is 6.61 Å². The van der Waals surface area contributed by atoms with Crippen molar-refractivity contribution in [2.45, 2.75) is 33.6 Å². The number of carbonyl (C=O) groups excluding carboxylic acids is 1. The lowest BCUT2D eigenvalue weighted by Gasteiger charge is -1.98. The first-order valence-corrected chi connectivity index (χ1v) is 5.86. The van der Waals surface area contributed by atoms with Crippen LogP contribution in [-0.2, 0) is 18.6 Å². The maximum absolute atomic E-state index is 10.4. The monoisotopic (exact) mass is 226 g/mol. The van der Waals surface area contributed by atoms with E-state index in [1.165, 1.54) is 12.8 Å². The van der Waals surface area contributed by atoms with Crippen LogP contribution < -0.4 is 0 Å². The van der Waals surface area contributed by atoms with Crippen LogP contribution in [0.25, 0.3) is 0 Å². The zero-order valence-electron chi connectivity index (χ0n) is 8.91. The molecular weight excluding hydrogens is 207 g/mol. The molecule has 0 saturated heterocycles. The van der Waals surface area contributed by atoms with Crippen LogP contribution in [0.4, 0.5) is 0 Å². The zero-order chi connectivity index (χ0) is 11.4. The van der Waals surface area contributed by atoms with E-state index in [9.17, 15) is 9.36 Å². The Bertz CT molecular complexity index is 158. The normalized spacial score (nSPS) is 11.1.